The van der Waals surface area contributed by atoms with Gasteiger partial charge in [-0.25, -0.2) is 0 Å². The maximum absolute atomic E-state index is 12.9. The number of amides is 1. The Morgan fingerprint density at radius 3 is 2.33 bits per heavy atom. The minimum absolute atomic E-state index is 0.0573. The molecule has 1 N–H and O–H groups in total. The first-order chi connectivity index (χ1) is 14.5. The van der Waals surface area contributed by atoms with Crippen molar-refractivity contribution in [3.8, 4) is 11.3 Å². The fourth-order valence-corrected chi connectivity index (χ4v) is 4.06. The molecule has 1 saturated heterocycles. The van der Waals surface area contributed by atoms with Gasteiger partial charge in [-0.3, -0.25) is 4.79 Å². The van der Waals surface area contributed by atoms with Gasteiger partial charge in [0.15, 0.2) is 5.82 Å². The maximum atomic E-state index is 12.9. The fraction of sp³-hybridized carbons (Fsp3) is 0.320. The zero-order valence-corrected chi connectivity index (χ0v) is 17.9. The van der Waals surface area contributed by atoms with Crippen molar-refractivity contribution in [2.45, 2.75) is 33.6 Å². The number of hydrogen-bond donors (Lipinski definition) is 1. The Bertz CT molecular complexity index is 1010. The van der Waals surface area contributed by atoms with Crippen LogP contribution in [0.25, 0.3) is 11.3 Å². The number of carbonyl (C=O) groups excluding carboxylic acids is 1. The zero-order valence-electron chi connectivity index (χ0n) is 17.9. The van der Waals surface area contributed by atoms with Gasteiger partial charge >= 0.3 is 0 Å². The Morgan fingerprint density at radius 2 is 1.67 bits per heavy atom. The number of aromatic nitrogens is 2. The second kappa shape index (κ2) is 8.66. The second-order valence-corrected chi connectivity index (χ2v) is 8.29. The second-order valence-electron chi connectivity index (χ2n) is 8.29. The molecular formula is C25H28N4O. The zero-order chi connectivity index (χ0) is 21.1. The molecule has 0 aliphatic carbocycles. The third-order valence-corrected chi connectivity index (χ3v) is 5.60. The summed E-state index contributed by atoms with van der Waals surface area (Å²) in [7, 11) is 0. The van der Waals surface area contributed by atoms with Crippen LogP contribution in [0.1, 0.15) is 29.5 Å². The molecule has 1 amide bonds. The van der Waals surface area contributed by atoms with E-state index in [-0.39, 0.29) is 11.8 Å². The molecule has 0 bridgehead atoms. The highest BCUT2D eigenvalue weighted by Crippen LogP contribution is 2.25. The first-order valence-corrected chi connectivity index (χ1v) is 10.5. The summed E-state index contributed by atoms with van der Waals surface area (Å²) < 4.78 is 0. The van der Waals surface area contributed by atoms with E-state index in [4.69, 9.17) is 0 Å². The summed E-state index contributed by atoms with van der Waals surface area (Å²) in [6, 6.07) is 18.4. The molecule has 3 aromatic rings. The van der Waals surface area contributed by atoms with E-state index in [1.54, 1.807) is 0 Å². The van der Waals surface area contributed by atoms with E-state index in [9.17, 15) is 4.79 Å². The van der Waals surface area contributed by atoms with E-state index in [0.29, 0.717) is 6.54 Å². The predicted octanol–water partition coefficient (Wildman–Crippen LogP) is 4.92. The monoisotopic (exact) mass is 400 g/mol. The van der Waals surface area contributed by atoms with Crippen molar-refractivity contribution in [1.29, 1.82) is 0 Å². The Labute approximate surface area is 178 Å². The van der Waals surface area contributed by atoms with Gasteiger partial charge in [-0.1, -0.05) is 35.9 Å². The molecule has 1 fully saturated rings. The molecule has 1 aromatic heterocycles. The first-order valence-electron chi connectivity index (χ1n) is 10.5. The van der Waals surface area contributed by atoms with Crippen LogP contribution in [0.4, 0.5) is 11.5 Å². The third kappa shape index (κ3) is 4.67. The standard InChI is InChI=1S/C25H28N4O/c1-17-6-8-20(9-7-17)23-10-11-24(28-27-23)29-12-4-5-21(16-29)25(30)26-22-14-18(2)13-19(3)15-22/h6-11,13-15,21H,4-5,12,16H2,1-3H3,(H,26,30)/t21-/m1/s1. The SMILES string of the molecule is Cc1ccc(-c2ccc(N3CCC[C@@H](C(=O)Nc4cc(C)cc(C)c4)C3)nn2)cc1. The van der Waals surface area contributed by atoms with Crippen molar-refractivity contribution in [3.63, 3.8) is 0 Å². The number of hydrogen-bond acceptors (Lipinski definition) is 4. The van der Waals surface area contributed by atoms with Crippen molar-refractivity contribution in [2.24, 2.45) is 5.92 Å². The number of anilines is 2. The van der Waals surface area contributed by atoms with Crippen LogP contribution in [-0.2, 0) is 4.79 Å². The summed E-state index contributed by atoms with van der Waals surface area (Å²) in [5, 5.41) is 12.0. The summed E-state index contributed by atoms with van der Waals surface area (Å²) in [5.74, 6) is 0.849. The van der Waals surface area contributed by atoms with Gasteiger partial charge in [0, 0.05) is 24.3 Å². The number of piperidine rings is 1. The van der Waals surface area contributed by atoms with Crippen LogP contribution in [0.5, 0.6) is 0 Å². The number of nitrogens with one attached hydrogen (secondary N) is 1. The smallest absolute Gasteiger partial charge is 0.229 e. The highest BCUT2D eigenvalue weighted by atomic mass is 16.1. The lowest BCUT2D eigenvalue weighted by atomic mass is 9.97. The van der Waals surface area contributed by atoms with Gasteiger partial charge in [-0.15, -0.1) is 10.2 Å². The number of carbonyl (C=O) groups is 1. The molecule has 4 rings (SSSR count). The van der Waals surface area contributed by atoms with Crippen LogP contribution in [-0.4, -0.2) is 29.2 Å². The summed E-state index contributed by atoms with van der Waals surface area (Å²) in [6.07, 6.45) is 1.86. The quantitative estimate of drug-likeness (QED) is 0.675. The average molecular weight is 401 g/mol. The minimum Gasteiger partial charge on any atom is -0.354 e. The molecule has 1 aliphatic rings. The van der Waals surface area contributed by atoms with Crippen LogP contribution < -0.4 is 10.2 Å². The lowest BCUT2D eigenvalue weighted by Crippen LogP contribution is -2.41. The normalized spacial score (nSPS) is 16.4. The molecule has 5 nitrogen and oxygen atoms in total. The van der Waals surface area contributed by atoms with E-state index < -0.39 is 0 Å². The molecule has 0 radical (unpaired) electrons. The van der Waals surface area contributed by atoms with E-state index in [1.165, 1.54) is 5.56 Å². The highest BCUT2D eigenvalue weighted by Gasteiger charge is 2.27. The average Bonchev–Trinajstić information content (AvgIpc) is 2.74. The number of aryl methyl sites for hydroxylation is 3. The number of nitrogens with zero attached hydrogens (tertiary/aromatic N) is 3. The van der Waals surface area contributed by atoms with Crippen molar-refractivity contribution in [3.05, 3.63) is 71.3 Å². The summed E-state index contributed by atoms with van der Waals surface area (Å²) >= 11 is 0. The van der Waals surface area contributed by atoms with Crippen molar-refractivity contribution >= 4 is 17.4 Å². The molecule has 1 aliphatic heterocycles. The van der Waals surface area contributed by atoms with E-state index >= 15 is 0 Å². The predicted molar refractivity (Wildman–Crippen MR) is 122 cm³/mol. The molecule has 154 valence electrons. The number of rotatable bonds is 4. The summed E-state index contributed by atoms with van der Waals surface area (Å²) in [6.45, 7) is 7.72. The van der Waals surface area contributed by atoms with E-state index in [1.807, 2.05) is 38.1 Å². The summed E-state index contributed by atoms with van der Waals surface area (Å²) in [5.41, 5.74) is 6.32. The molecule has 0 unspecified atom stereocenters. The van der Waals surface area contributed by atoms with Gasteiger partial charge in [0.25, 0.3) is 0 Å². The lowest BCUT2D eigenvalue weighted by Gasteiger charge is -2.32. The molecule has 2 heterocycles. The van der Waals surface area contributed by atoms with Crippen LogP contribution in [0.3, 0.4) is 0 Å². The van der Waals surface area contributed by atoms with Crippen molar-refractivity contribution in [2.75, 3.05) is 23.3 Å². The molecular weight excluding hydrogens is 372 g/mol. The Balaban J connectivity index is 1.43. The largest absolute Gasteiger partial charge is 0.354 e. The Kier molecular flexibility index (Phi) is 5.79. The van der Waals surface area contributed by atoms with E-state index in [2.05, 4.69) is 57.7 Å². The molecule has 1 atom stereocenters. The molecule has 0 spiro atoms. The molecule has 2 aromatic carbocycles. The third-order valence-electron chi connectivity index (χ3n) is 5.60. The van der Waals surface area contributed by atoms with Gasteiger partial charge in [-0.05, 0) is 69.0 Å². The van der Waals surface area contributed by atoms with Gasteiger partial charge in [0.2, 0.25) is 5.91 Å². The molecule has 30 heavy (non-hydrogen) atoms. The minimum atomic E-state index is -0.0573. The van der Waals surface area contributed by atoms with Crippen LogP contribution in [0.2, 0.25) is 0 Å². The van der Waals surface area contributed by atoms with Crippen molar-refractivity contribution in [1.82, 2.24) is 10.2 Å². The first kappa shape index (κ1) is 20.1. The topological polar surface area (TPSA) is 58.1 Å². The van der Waals surface area contributed by atoms with Crippen LogP contribution >= 0.6 is 0 Å². The van der Waals surface area contributed by atoms with Crippen LogP contribution in [0, 0.1) is 26.7 Å². The van der Waals surface area contributed by atoms with E-state index in [0.717, 1.165) is 53.3 Å². The molecule has 5 heteroatoms. The molecule has 0 saturated carbocycles. The van der Waals surface area contributed by atoms with Gasteiger partial charge in [0.1, 0.15) is 0 Å². The van der Waals surface area contributed by atoms with Gasteiger partial charge in [0.05, 0.1) is 11.6 Å². The van der Waals surface area contributed by atoms with Crippen LogP contribution in [0.15, 0.2) is 54.6 Å². The summed E-state index contributed by atoms with van der Waals surface area (Å²) in [4.78, 5) is 15.0. The maximum Gasteiger partial charge on any atom is 0.229 e. The highest BCUT2D eigenvalue weighted by molar-refractivity contribution is 5.93. The van der Waals surface area contributed by atoms with Gasteiger partial charge < -0.3 is 10.2 Å². The fourth-order valence-electron chi connectivity index (χ4n) is 4.06. The Morgan fingerprint density at radius 1 is 0.933 bits per heavy atom. The number of benzene rings is 2. The Hall–Kier alpha value is -3.21. The van der Waals surface area contributed by atoms with Gasteiger partial charge in [-0.2, -0.15) is 0 Å². The lowest BCUT2D eigenvalue weighted by molar-refractivity contribution is -0.120. The van der Waals surface area contributed by atoms with Crippen molar-refractivity contribution < 1.29 is 4.79 Å².